The second-order valence-electron chi connectivity index (χ2n) is 3.42. The second-order valence-corrected chi connectivity index (χ2v) is 4.17. The number of halogens is 4. The van der Waals surface area contributed by atoms with Crippen LogP contribution in [0.2, 0.25) is 0 Å². The smallest absolute Gasteiger partial charge is 0.419 e. The molecule has 2 aromatic rings. The molecule has 1 heterocycles. The van der Waals surface area contributed by atoms with E-state index in [0.29, 0.717) is 23.7 Å². The Kier molecular flexibility index (Phi) is 3.23. The minimum absolute atomic E-state index is 0.0192. The van der Waals surface area contributed by atoms with Crippen LogP contribution in [0.25, 0.3) is 11.4 Å². The summed E-state index contributed by atoms with van der Waals surface area (Å²) < 4.78 is 54.0. The molecule has 0 amide bonds. The first-order valence-corrected chi connectivity index (χ1v) is 5.50. The minimum atomic E-state index is -4.79. The molecule has 100 valence electrons. The summed E-state index contributed by atoms with van der Waals surface area (Å²) in [4.78, 5) is 14.2. The van der Waals surface area contributed by atoms with Gasteiger partial charge in [0, 0.05) is 5.56 Å². The largest absolute Gasteiger partial charge is 0.476 e. The Morgan fingerprint density at radius 3 is 2.47 bits per heavy atom. The molecule has 1 N–H and O–H groups in total. The Hall–Kier alpha value is -2.03. The van der Waals surface area contributed by atoms with Crippen LogP contribution in [0.1, 0.15) is 15.4 Å². The molecule has 0 spiro atoms. The maximum atomic E-state index is 13.3. The van der Waals surface area contributed by atoms with E-state index >= 15 is 0 Å². The number of nitrogens with zero attached hydrogens (tertiary/aromatic N) is 2. The number of aromatic nitrogens is 2. The average molecular weight is 292 g/mol. The number of carbonyl (C=O) groups is 1. The Labute approximate surface area is 107 Å². The third-order valence-corrected chi connectivity index (χ3v) is 2.84. The van der Waals surface area contributed by atoms with E-state index in [2.05, 4.69) is 9.36 Å². The number of carboxylic acids is 1. The number of benzene rings is 1. The molecule has 19 heavy (non-hydrogen) atoms. The van der Waals surface area contributed by atoms with Crippen LogP contribution in [0, 0.1) is 5.82 Å². The Morgan fingerprint density at radius 1 is 1.32 bits per heavy atom. The van der Waals surface area contributed by atoms with Crippen LogP contribution in [0.15, 0.2) is 18.2 Å². The van der Waals surface area contributed by atoms with Gasteiger partial charge in [-0.15, -0.1) is 0 Å². The van der Waals surface area contributed by atoms with Gasteiger partial charge in [0.2, 0.25) is 5.01 Å². The molecular weight excluding hydrogens is 288 g/mol. The molecule has 1 aromatic heterocycles. The number of hydrogen-bond acceptors (Lipinski definition) is 4. The fourth-order valence-corrected chi connectivity index (χ4v) is 1.84. The highest BCUT2D eigenvalue weighted by Crippen LogP contribution is 2.33. The van der Waals surface area contributed by atoms with Gasteiger partial charge in [0.15, 0.2) is 5.82 Å². The molecule has 0 unspecified atom stereocenters. The molecule has 0 aliphatic rings. The molecule has 4 nitrogen and oxygen atoms in total. The lowest BCUT2D eigenvalue weighted by Gasteiger charge is -2.08. The molecule has 1 aromatic carbocycles. The highest BCUT2D eigenvalue weighted by Gasteiger charge is 2.34. The van der Waals surface area contributed by atoms with E-state index in [1.807, 2.05) is 0 Å². The van der Waals surface area contributed by atoms with Crippen molar-refractivity contribution in [1.82, 2.24) is 9.36 Å². The van der Waals surface area contributed by atoms with E-state index in [0.717, 1.165) is 6.07 Å². The first-order valence-electron chi connectivity index (χ1n) is 4.73. The van der Waals surface area contributed by atoms with Gasteiger partial charge in [-0.1, -0.05) is 6.07 Å². The topological polar surface area (TPSA) is 63.1 Å². The molecule has 0 saturated carbocycles. The van der Waals surface area contributed by atoms with Crippen LogP contribution < -0.4 is 0 Å². The average Bonchev–Trinajstić information content (AvgIpc) is 2.76. The lowest BCUT2D eigenvalue weighted by atomic mass is 10.1. The summed E-state index contributed by atoms with van der Waals surface area (Å²) >= 11 is 0.563. The van der Waals surface area contributed by atoms with Crippen LogP contribution in [0.4, 0.5) is 17.6 Å². The predicted molar refractivity (Wildman–Crippen MR) is 57.3 cm³/mol. The van der Waals surface area contributed by atoms with Crippen molar-refractivity contribution in [3.05, 3.63) is 34.6 Å². The highest BCUT2D eigenvalue weighted by atomic mass is 32.1. The zero-order valence-corrected chi connectivity index (χ0v) is 9.72. The zero-order chi connectivity index (χ0) is 14.2. The van der Waals surface area contributed by atoms with Gasteiger partial charge in [0.05, 0.1) is 5.56 Å². The van der Waals surface area contributed by atoms with Gasteiger partial charge in [0.1, 0.15) is 5.82 Å². The minimum Gasteiger partial charge on any atom is -0.476 e. The molecule has 0 aliphatic carbocycles. The third kappa shape index (κ3) is 2.70. The van der Waals surface area contributed by atoms with Crippen LogP contribution in [0.5, 0.6) is 0 Å². The van der Waals surface area contributed by atoms with Crippen molar-refractivity contribution in [2.24, 2.45) is 0 Å². The van der Waals surface area contributed by atoms with E-state index in [9.17, 15) is 22.4 Å². The van der Waals surface area contributed by atoms with Crippen molar-refractivity contribution >= 4 is 17.5 Å². The van der Waals surface area contributed by atoms with Crippen molar-refractivity contribution in [2.45, 2.75) is 6.18 Å². The SMILES string of the molecule is O=C(O)c1nc(-c2ccc(C(F)(F)F)c(F)c2)ns1. The predicted octanol–water partition coefficient (Wildman–Crippen LogP) is 3.06. The maximum absolute atomic E-state index is 13.3. The molecule has 0 bridgehead atoms. The second kappa shape index (κ2) is 4.57. The fourth-order valence-electron chi connectivity index (χ4n) is 1.31. The van der Waals surface area contributed by atoms with E-state index in [1.165, 1.54) is 0 Å². The summed E-state index contributed by atoms with van der Waals surface area (Å²) in [5.41, 5.74) is -1.42. The van der Waals surface area contributed by atoms with Crippen molar-refractivity contribution < 1.29 is 27.5 Å². The molecule has 0 aliphatic heterocycles. The van der Waals surface area contributed by atoms with Gasteiger partial charge in [-0.2, -0.15) is 17.5 Å². The summed E-state index contributed by atoms with van der Waals surface area (Å²) in [6, 6.07) is 2.17. The van der Waals surface area contributed by atoms with E-state index in [-0.39, 0.29) is 16.4 Å². The molecule has 0 fully saturated rings. The monoisotopic (exact) mass is 292 g/mol. The van der Waals surface area contributed by atoms with Crippen molar-refractivity contribution in [3.8, 4) is 11.4 Å². The number of aromatic carboxylic acids is 1. The van der Waals surface area contributed by atoms with Crippen molar-refractivity contribution in [2.75, 3.05) is 0 Å². The maximum Gasteiger partial charge on any atom is 0.419 e. The Balaban J connectivity index is 2.41. The summed E-state index contributed by atoms with van der Waals surface area (Å²) in [7, 11) is 0. The number of carboxylic acid groups (broad SMARTS) is 1. The zero-order valence-electron chi connectivity index (χ0n) is 8.90. The number of hydrogen-bond donors (Lipinski definition) is 1. The number of rotatable bonds is 2. The quantitative estimate of drug-likeness (QED) is 0.864. The summed E-state index contributed by atoms with van der Waals surface area (Å²) in [6.45, 7) is 0. The summed E-state index contributed by atoms with van der Waals surface area (Å²) in [6.07, 6.45) is -4.79. The van der Waals surface area contributed by atoms with Crippen LogP contribution in [-0.4, -0.2) is 20.4 Å². The van der Waals surface area contributed by atoms with Gasteiger partial charge in [-0.25, -0.2) is 14.2 Å². The van der Waals surface area contributed by atoms with E-state index < -0.39 is 23.5 Å². The van der Waals surface area contributed by atoms with Crippen molar-refractivity contribution in [3.63, 3.8) is 0 Å². The third-order valence-electron chi connectivity index (χ3n) is 2.14. The molecule has 0 atom stereocenters. The van der Waals surface area contributed by atoms with Crippen molar-refractivity contribution in [1.29, 1.82) is 0 Å². The number of alkyl halides is 3. The van der Waals surface area contributed by atoms with Gasteiger partial charge in [-0.3, -0.25) is 0 Å². The molecule has 2 rings (SSSR count). The lowest BCUT2D eigenvalue weighted by Crippen LogP contribution is -2.07. The van der Waals surface area contributed by atoms with Crippen LogP contribution in [0.3, 0.4) is 0 Å². The molecule has 0 saturated heterocycles. The standard InChI is InChI=1S/C10H4F4N2O2S/c11-6-3-4(1-2-5(6)10(12,13)14)7-15-8(9(17)18)19-16-7/h1-3H,(H,17,18). The van der Waals surface area contributed by atoms with Gasteiger partial charge < -0.3 is 5.11 Å². The summed E-state index contributed by atoms with van der Waals surface area (Å²) in [5.74, 6) is -2.90. The fraction of sp³-hybridized carbons (Fsp3) is 0.100. The van der Waals surface area contributed by atoms with E-state index in [4.69, 9.17) is 5.11 Å². The van der Waals surface area contributed by atoms with Crippen LogP contribution in [-0.2, 0) is 6.18 Å². The first kappa shape index (κ1) is 13.4. The molecular formula is C10H4F4N2O2S. The molecule has 0 radical (unpaired) electrons. The van der Waals surface area contributed by atoms with Gasteiger partial charge in [-0.05, 0) is 23.7 Å². The summed E-state index contributed by atoms with van der Waals surface area (Å²) in [5, 5.41) is 8.31. The van der Waals surface area contributed by atoms with E-state index in [1.54, 1.807) is 0 Å². The first-order chi connectivity index (χ1) is 8.79. The van der Waals surface area contributed by atoms with Gasteiger partial charge in [0.25, 0.3) is 0 Å². The molecule has 9 heteroatoms. The normalized spacial score (nSPS) is 11.6. The lowest BCUT2D eigenvalue weighted by molar-refractivity contribution is -0.139. The highest BCUT2D eigenvalue weighted by molar-refractivity contribution is 7.07. The van der Waals surface area contributed by atoms with Gasteiger partial charge >= 0.3 is 12.1 Å². The Bertz CT molecular complexity index is 639. The van der Waals surface area contributed by atoms with Crippen LogP contribution >= 0.6 is 11.5 Å². The Morgan fingerprint density at radius 2 is 2.00 bits per heavy atom.